The Hall–Kier alpha value is -3.83. The van der Waals surface area contributed by atoms with Gasteiger partial charge >= 0.3 is 0 Å². The molecule has 3 unspecified atom stereocenters. The fourth-order valence-corrected chi connectivity index (χ4v) is 5.36. The number of benzene rings is 3. The van der Waals surface area contributed by atoms with Crippen molar-refractivity contribution in [2.45, 2.75) is 51.4 Å². The highest BCUT2D eigenvalue weighted by Crippen LogP contribution is 2.47. The number of alkyl halides is 1. The Morgan fingerprint density at radius 1 is 0.923 bits per heavy atom. The van der Waals surface area contributed by atoms with Gasteiger partial charge in [-0.05, 0) is 72.0 Å². The van der Waals surface area contributed by atoms with E-state index in [9.17, 15) is 19.7 Å². The van der Waals surface area contributed by atoms with Crippen molar-refractivity contribution in [1.29, 1.82) is 0 Å². The molecule has 1 aliphatic carbocycles. The van der Waals surface area contributed by atoms with Crippen LogP contribution >= 0.6 is 0 Å². The standard InChI is InChI=1S/C32H32FNO3.C2H6/c33-26-10-4-7-22(15-17-26)30(36)14-6-9-25-21-34(27-11-2-1-3-12-27)32(25)29-18-16-24(20-31(29)37)23-8-5-13-28(35)19-23;1-2/h1-5,7-8,10-13,15-20,25-26,30,32,35-37H,6,9,14,21H2;1-2H3/t25-,26?,30?,32?;/m0./s1. The highest BCUT2D eigenvalue weighted by Gasteiger charge is 2.41. The Balaban J connectivity index is 0.00000172. The molecule has 0 spiro atoms. The first-order valence-electron chi connectivity index (χ1n) is 13.8. The summed E-state index contributed by atoms with van der Waals surface area (Å²) in [5.41, 5.74) is 4.40. The number of phenolic OH excluding ortho intramolecular Hbond substituents is 2. The lowest BCUT2D eigenvalue weighted by Crippen LogP contribution is -2.50. The third-order valence-electron chi connectivity index (χ3n) is 7.32. The summed E-state index contributed by atoms with van der Waals surface area (Å²) in [6.45, 7) is 4.87. The van der Waals surface area contributed by atoms with E-state index in [-0.39, 0.29) is 17.5 Å². The van der Waals surface area contributed by atoms with Gasteiger partial charge in [-0.3, -0.25) is 0 Å². The average Bonchev–Trinajstić information content (AvgIpc) is 3.17. The Labute approximate surface area is 231 Å². The Morgan fingerprint density at radius 2 is 1.69 bits per heavy atom. The molecule has 4 nitrogen and oxygen atoms in total. The maximum Gasteiger partial charge on any atom is 0.137 e. The maximum absolute atomic E-state index is 13.5. The zero-order valence-corrected chi connectivity index (χ0v) is 22.6. The second-order valence-corrected chi connectivity index (χ2v) is 9.82. The number of para-hydroxylation sites is 1. The average molecular weight is 528 g/mol. The van der Waals surface area contributed by atoms with Gasteiger partial charge in [0.25, 0.3) is 0 Å². The van der Waals surface area contributed by atoms with E-state index in [0.717, 1.165) is 47.3 Å². The van der Waals surface area contributed by atoms with Gasteiger partial charge in [0.1, 0.15) is 17.7 Å². The van der Waals surface area contributed by atoms with Crippen LogP contribution in [0.15, 0.2) is 109 Å². The third-order valence-corrected chi connectivity index (χ3v) is 7.32. The van der Waals surface area contributed by atoms with Crippen molar-refractivity contribution in [3.8, 4) is 22.6 Å². The molecule has 1 heterocycles. The molecule has 0 amide bonds. The van der Waals surface area contributed by atoms with Gasteiger partial charge in [0, 0.05) is 23.7 Å². The van der Waals surface area contributed by atoms with Crippen LogP contribution in [0.25, 0.3) is 11.1 Å². The van der Waals surface area contributed by atoms with Crippen molar-refractivity contribution in [2.24, 2.45) is 5.92 Å². The molecular formula is C34H38FNO3. The van der Waals surface area contributed by atoms with Gasteiger partial charge < -0.3 is 20.2 Å². The predicted molar refractivity (Wildman–Crippen MR) is 158 cm³/mol. The molecule has 3 aromatic carbocycles. The number of phenols is 2. The number of aliphatic hydroxyl groups excluding tert-OH is 1. The molecule has 5 heteroatoms. The van der Waals surface area contributed by atoms with Crippen LogP contribution in [0.1, 0.15) is 44.7 Å². The number of hydrogen-bond donors (Lipinski definition) is 3. The summed E-state index contributed by atoms with van der Waals surface area (Å²) >= 11 is 0. The first kappa shape index (κ1) is 28.2. The number of rotatable bonds is 8. The fourth-order valence-electron chi connectivity index (χ4n) is 5.36. The quantitative estimate of drug-likeness (QED) is 0.279. The van der Waals surface area contributed by atoms with E-state index in [1.807, 2.05) is 50.2 Å². The first-order chi connectivity index (χ1) is 19.0. The summed E-state index contributed by atoms with van der Waals surface area (Å²) in [6.07, 6.45) is 8.59. The van der Waals surface area contributed by atoms with Crippen LogP contribution in [0.4, 0.5) is 10.1 Å². The fraction of sp³-hybridized carbons (Fsp3) is 0.294. The van der Waals surface area contributed by atoms with Crippen LogP contribution in [0.3, 0.4) is 0 Å². The molecule has 0 saturated carbocycles. The summed E-state index contributed by atoms with van der Waals surface area (Å²) in [5.74, 6) is 0.740. The van der Waals surface area contributed by atoms with Crippen molar-refractivity contribution in [3.05, 3.63) is 114 Å². The van der Waals surface area contributed by atoms with Gasteiger partial charge in [0.2, 0.25) is 0 Å². The highest BCUT2D eigenvalue weighted by molar-refractivity contribution is 5.68. The number of allylic oxidation sites excluding steroid dienone is 4. The number of nitrogens with zero attached hydrogens (tertiary/aromatic N) is 1. The second kappa shape index (κ2) is 13.3. The van der Waals surface area contributed by atoms with E-state index in [4.69, 9.17) is 0 Å². The monoisotopic (exact) mass is 527 g/mol. The Bertz CT molecular complexity index is 1320. The van der Waals surface area contributed by atoms with E-state index in [0.29, 0.717) is 12.3 Å². The number of halogens is 1. The molecule has 39 heavy (non-hydrogen) atoms. The minimum atomic E-state index is -1.12. The van der Waals surface area contributed by atoms with E-state index >= 15 is 0 Å². The summed E-state index contributed by atoms with van der Waals surface area (Å²) < 4.78 is 13.5. The zero-order chi connectivity index (χ0) is 27.8. The number of hydrogen-bond acceptors (Lipinski definition) is 4. The van der Waals surface area contributed by atoms with E-state index in [2.05, 4.69) is 17.0 Å². The maximum atomic E-state index is 13.5. The van der Waals surface area contributed by atoms with Gasteiger partial charge in [-0.1, -0.05) is 81.0 Å². The summed E-state index contributed by atoms with van der Waals surface area (Å²) in [5, 5.41) is 31.6. The highest BCUT2D eigenvalue weighted by atomic mass is 19.1. The van der Waals surface area contributed by atoms with Crippen molar-refractivity contribution in [2.75, 3.05) is 11.4 Å². The van der Waals surface area contributed by atoms with Crippen LogP contribution in [0.5, 0.6) is 11.5 Å². The molecule has 3 N–H and O–H groups in total. The normalized spacial score (nSPS) is 20.8. The molecule has 0 aromatic heterocycles. The largest absolute Gasteiger partial charge is 0.508 e. The number of aliphatic hydroxyl groups is 1. The minimum absolute atomic E-state index is 0.0185. The van der Waals surface area contributed by atoms with Gasteiger partial charge in [-0.2, -0.15) is 0 Å². The molecule has 0 bridgehead atoms. The van der Waals surface area contributed by atoms with Crippen molar-refractivity contribution >= 4 is 5.69 Å². The molecular weight excluding hydrogens is 489 g/mol. The lowest BCUT2D eigenvalue weighted by atomic mass is 9.78. The van der Waals surface area contributed by atoms with Crippen LogP contribution < -0.4 is 4.90 Å². The second-order valence-electron chi connectivity index (χ2n) is 9.82. The predicted octanol–water partition coefficient (Wildman–Crippen LogP) is 7.89. The summed E-state index contributed by atoms with van der Waals surface area (Å²) in [4.78, 5) is 2.31. The van der Waals surface area contributed by atoms with Crippen molar-refractivity contribution in [3.63, 3.8) is 0 Å². The molecule has 0 radical (unpaired) electrons. The van der Waals surface area contributed by atoms with Crippen molar-refractivity contribution in [1.82, 2.24) is 0 Å². The lowest BCUT2D eigenvalue weighted by molar-refractivity contribution is 0.188. The molecule has 4 atom stereocenters. The van der Waals surface area contributed by atoms with E-state index in [1.165, 1.54) is 12.2 Å². The van der Waals surface area contributed by atoms with Gasteiger partial charge in [-0.15, -0.1) is 0 Å². The Morgan fingerprint density at radius 3 is 2.44 bits per heavy atom. The van der Waals surface area contributed by atoms with E-state index in [1.54, 1.807) is 42.5 Å². The molecule has 3 aromatic rings. The SMILES string of the molecule is CC.Oc1cccc(-c2ccc(C3[C@@H](CCCC(O)C4=CC=CC(F)C=C4)CN3c3ccccc3)c(O)c2)c1. The molecule has 5 rings (SSSR count). The molecule has 2 aliphatic rings. The lowest BCUT2D eigenvalue weighted by Gasteiger charge is -2.50. The van der Waals surface area contributed by atoms with Gasteiger partial charge in [0.15, 0.2) is 0 Å². The molecule has 204 valence electrons. The summed E-state index contributed by atoms with van der Waals surface area (Å²) in [7, 11) is 0. The van der Waals surface area contributed by atoms with Crippen LogP contribution in [0, 0.1) is 5.92 Å². The van der Waals surface area contributed by atoms with E-state index < -0.39 is 12.3 Å². The first-order valence-corrected chi connectivity index (χ1v) is 13.8. The minimum Gasteiger partial charge on any atom is -0.508 e. The zero-order valence-electron chi connectivity index (χ0n) is 22.6. The smallest absolute Gasteiger partial charge is 0.137 e. The van der Waals surface area contributed by atoms with Gasteiger partial charge in [-0.25, -0.2) is 4.39 Å². The van der Waals surface area contributed by atoms with Crippen LogP contribution in [0.2, 0.25) is 0 Å². The summed E-state index contributed by atoms with van der Waals surface area (Å²) in [6, 6.07) is 23.0. The molecule has 1 saturated heterocycles. The van der Waals surface area contributed by atoms with Crippen molar-refractivity contribution < 1.29 is 19.7 Å². The number of aromatic hydroxyl groups is 2. The Kier molecular flexibility index (Phi) is 9.61. The van der Waals surface area contributed by atoms with Crippen LogP contribution in [-0.4, -0.2) is 34.1 Å². The van der Waals surface area contributed by atoms with Gasteiger partial charge in [0.05, 0.1) is 12.1 Å². The number of anilines is 1. The van der Waals surface area contributed by atoms with Crippen LogP contribution in [-0.2, 0) is 0 Å². The molecule has 1 fully saturated rings. The molecule has 1 aliphatic heterocycles. The topological polar surface area (TPSA) is 63.9 Å². The third kappa shape index (κ3) is 6.79.